The van der Waals surface area contributed by atoms with Crippen LogP contribution >= 0.6 is 0 Å². The van der Waals surface area contributed by atoms with Gasteiger partial charge in [0.2, 0.25) is 5.91 Å². The number of methoxy groups -OCH3 is 2. The number of carbonyl (C=O) groups is 2. The molecule has 2 aromatic carbocycles. The fraction of sp³-hybridized carbons (Fsp3) is 0.464. The maximum absolute atomic E-state index is 14.0. The van der Waals surface area contributed by atoms with Crippen molar-refractivity contribution in [2.75, 3.05) is 14.2 Å². The molecule has 0 radical (unpaired) electrons. The van der Waals surface area contributed by atoms with Gasteiger partial charge >= 0.3 is 0 Å². The van der Waals surface area contributed by atoms with Gasteiger partial charge in [0.25, 0.3) is 5.91 Å². The van der Waals surface area contributed by atoms with Gasteiger partial charge in [-0.25, -0.2) is 4.98 Å². The molecule has 36 heavy (non-hydrogen) atoms. The average Bonchev–Trinajstić information content (AvgIpc) is 3.26. The molecule has 8 nitrogen and oxygen atoms in total. The Morgan fingerprint density at radius 3 is 2.56 bits per heavy atom. The van der Waals surface area contributed by atoms with Crippen LogP contribution in [-0.4, -0.2) is 52.1 Å². The minimum Gasteiger partial charge on any atom is -0.493 e. The number of aromatic nitrogens is 2. The molecule has 0 spiro atoms. The van der Waals surface area contributed by atoms with E-state index in [-0.39, 0.29) is 24.4 Å². The zero-order valence-corrected chi connectivity index (χ0v) is 21.4. The van der Waals surface area contributed by atoms with Gasteiger partial charge in [0, 0.05) is 11.6 Å². The van der Waals surface area contributed by atoms with Crippen LogP contribution in [0.2, 0.25) is 0 Å². The number of fused-ring (bicyclic) bond motifs is 3. The molecule has 1 aliphatic heterocycles. The number of imidazole rings is 1. The van der Waals surface area contributed by atoms with E-state index < -0.39 is 5.54 Å². The van der Waals surface area contributed by atoms with E-state index in [2.05, 4.69) is 17.2 Å². The molecule has 1 N–H and O–H groups in total. The summed E-state index contributed by atoms with van der Waals surface area (Å²) in [7, 11) is 3.16. The topological polar surface area (TPSA) is 85.7 Å². The predicted octanol–water partition coefficient (Wildman–Crippen LogP) is 4.16. The van der Waals surface area contributed by atoms with Crippen molar-refractivity contribution in [1.82, 2.24) is 19.8 Å². The van der Waals surface area contributed by atoms with E-state index in [4.69, 9.17) is 9.47 Å². The van der Waals surface area contributed by atoms with Gasteiger partial charge in [-0.3, -0.25) is 9.59 Å². The van der Waals surface area contributed by atoms with E-state index in [0.717, 1.165) is 42.3 Å². The number of carbonyl (C=O) groups excluding carboxylic acids is 2. The highest BCUT2D eigenvalue weighted by Gasteiger charge is 2.49. The van der Waals surface area contributed by atoms with Crippen LogP contribution in [0.3, 0.4) is 0 Å². The van der Waals surface area contributed by atoms with Gasteiger partial charge in [0.1, 0.15) is 5.54 Å². The SMILES string of the molecule is COc1cccc(CN2C(=O)c3nc4ccccc4n3CC2(C)C(=O)NC2CCC(C)CC2)c1OC. The predicted molar refractivity (Wildman–Crippen MR) is 137 cm³/mol. The first-order valence-electron chi connectivity index (χ1n) is 12.6. The van der Waals surface area contributed by atoms with E-state index >= 15 is 0 Å². The molecule has 190 valence electrons. The second-order valence-corrected chi connectivity index (χ2v) is 10.3. The van der Waals surface area contributed by atoms with Gasteiger partial charge in [-0.05, 0) is 56.7 Å². The summed E-state index contributed by atoms with van der Waals surface area (Å²) in [6.07, 6.45) is 4.11. The van der Waals surface area contributed by atoms with Crippen molar-refractivity contribution in [3.8, 4) is 11.5 Å². The lowest BCUT2D eigenvalue weighted by atomic mass is 9.86. The third-order valence-corrected chi connectivity index (χ3v) is 7.81. The van der Waals surface area contributed by atoms with Crippen LogP contribution in [0.15, 0.2) is 42.5 Å². The molecule has 5 rings (SSSR count). The van der Waals surface area contributed by atoms with Crippen LogP contribution in [0.4, 0.5) is 0 Å². The Morgan fingerprint density at radius 2 is 1.83 bits per heavy atom. The Kier molecular flexibility index (Phi) is 6.36. The quantitative estimate of drug-likeness (QED) is 0.561. The second-order valence-electron chi connectivity index (χ2n) is 10.3. The maximum atomic E-state index is 14.0. The fourth-order valence-electron chi connectivity index (χ4n) is 5.57. The summed E-state index contributed by atoms with van der Waals surface area (Å²) in [5.74, 6) is 1.74. The van der Waals surface area contributed by atoms with Crippen molar-refractivity contribution in [2.45, 2.75) is 64.2 Å². The molecule has 3 aromatic rings. The molecule has 2 heterocycles. The monoisotopic (exact) mass is 490 g/mol. The number of rotatable bonds is 6. The molecular formula is C28H34N4O4. The summed E-state index contributed by atoms with van der Waals surface area (Å²) in [5.41, 5.74) is 1.24. The Bertz CT molecular complexity index is 1290. The smallest absolute Gasteiger partial charge is 0.291 e. The summed E-state index contributed by atoms with van der Waals surface area (Å²) in [4.78, 5) is 34.2. The van der Waals surface area contributed by atoms with Gasteiger partial charge in [0.15, 0.2) is 17.3 Å². The Labute approximate surface area is 211 Å². The molecule has 1 saturated carbocycles. The van der Waals surface area contributed by atoms with Crippen LogP contribution in [0.25, 0.3) is 11.0 Å². The maximum Gasteiger partial charge on any atom is 0.291 e. The summed E-state index contributed by atoms with van der Waals surface area (Å²) in [6, 6.07) is 13.4. The fourth-order valence-corrected chi connectivity index (χ4v) is 5.57. The number of para-hydroxylation sites is 3. The van der Waals surface area contributed by atoms with Gasteiger partial charge in [-0.2, -0.15) is 0 Å². The third kappa shape index (κ3) is 4.08. The highest BCUT2D eigenvalue weighted by Crippen LogP contribution is 2.37. The number of hydrogen-bond donors (Lipinski definition) is 1. The number of benzene rings is 2. The molecular weight excluding hydrogens is 456 g/mol. The first-order valence-corrected chi connectivity index (χ1v) is 12.6. The van der Waals surface area contributed by atoms with Crippen LogP contribution in [0, 0.1) is 5.92 Å². The van der Waals surface area contributed by atoms with Crippen molar-refractivity contribution in [2.24, 2.45) is 5.92 Å². The Morgan fingerprint density at radius 1 is 1.08 bits per heavy atom. The summed E-state index contributed by atoms with van der Waals surface area (Å²) >= 11 is 0. The first kappa shape index (κ1) is 24.2. The zero-order valence-electron chi connectivity index (χ0n) is 21.4. The van der Waals surface area contributed by atoms with Crippen molar-refractivity contribution < 1.29 is 19.1 Å². The lowest BCUT2D eigenvalue weighted by Crippen LogP contribution is -2.64. The first-order chi connectivity index (χ1) is 17.4. The van der Waals surface area contributed by atoms with Crippen LogP contribution in [-0.2, 0) is 17.9 Å². The molecule has 1 atom stereocenters. The number of ether oxygens (including phenoxy) is 2. The molecule has 1 unspecified atom stereocenters. The van der Waals surface area contributed by atoms with Crippen LogP contribution < -0.4 is 14.8 Å². The largest absolute Gasteiger partial charge is 0.493 e. The van der Waals surface area contributed by atoms with Gasteiger partial charge in [-0.15, -0.1) is 0 Å². The molecule has 1 aromatic heterocycles. The number of hydrogen-bond acceptors (Lipinski definition) is 5. The minimum absolute atomic E-state index is 0.120. The Hall–Kier alpha value is -3.55. The van der Waals surface area contributed by atoms with Crippen molar-refractivity contribution >= 4 is 22.8 Å². The van der Waals surface area contributed by atoms with Gasteiger partial charge in [0.05, 0.1) is 38.3 Å². The second kappa shape index (κ2) is 9.48. The molecule has 0 saturated heterocycles. The van der Waals surface area contributed by atoms with Gasteiger partial charge in [-0.1, -0.05) is 31.2 Å². The lowest BCUT2D eigenvalue weighted by molar-refractivity contribution is -0.134. The summed E-state index contributed by atoms with van der Waals surface area (Å²) in [6.45, 7) is 4.62. The van der Waals surface area contributed by atoms with Crippen molar-refractivity contribution in [3.05, 3.63) is 53.9 Å². The molecule has 2 aliphatic rings. The summed E-state index contributed by atoms with van der Waals surface area (Å²) in [5, 5.41) is 3.29. The van der Waals surface area contributed by atoms with E-state index in [1.54, 1.807) is 19.1 Å². The summed E-state index contributed by atoms with van der Waals surface area (Å²) < 4.78 is 13.0. The van der Waals surface area contributed by atoms with Gasteiger partial charge < -0.3 is 24.3 Å². The minimum atomic E-state index is -1.12. The highest BCUT2D eigenvalue weighted by atomic mass is 16.5. The zero-order chi connectivity index (χ0) is 25.4. The normalized spacial score (nSPS) is 23.9. The van der Waals surface area contributed by atoms with E-state index in [0.29, 0.717) is 29.8 Å². The van der Waals surface area contributed by atoms with E-state index in [1.165, 1.54) is 0 Å². The van der Waals surface area contributed by atoms with E-state index in [1.807, 2.05) is 54.0 Å². The highest BCUT2D eigenvalue weighted by molar-refractivity contribution is 6.01. The van der Waals surface area contributed by atoms with Crippen LogP contribution in [0.5, 0.6) is 11.5 Å². The van der Waals surface area contributed by atoms with Crippen molar-refractivity contribution in [3.63, 3.8) is 0 Å². The lowest BCUT2D eigenvalue weighted by Gasteiger charge is -2.44. The number of amides is 2. The molecule has 1 aliphatic carbocycles. The number of nitrogens with zero attached hydrogens (tertiary/aromatic N) is 3. The third-order valence-electron chi connectivity index (χ3n) is 7.81. The van der Waals surface area contributed by atoms with E-state index in [9.17, 15) is 9.59 Å². The van der Waals surface area contributed by atoms with Crippen LogP contribution in [0.1, 0.15) is 55.7 Å². The molecule has 2 amide bonds. The molecule has 1 fully saturated rings. The average molecular weight is 491 g/mol. The molecule has 8 heteroatoms. The Balaban J connectivity index is 1.55. The number of nitrogens with one attached hydrogen (secondary N) is 1. The standard InChI is InChI=1S/C28H34N4O4/c1-18-12-14-20(15-13-18)29-27(34)28(2)17-31-22-10-6-5-9-21(22)30-25(31)26(33)32(28)16-19-8-7-11-23(35-3)24(19)36-4/h5-11,18,20H,12-17H2,1-4H3,(H,29,34). The van der Waals surface area contributed by atoms with Crippen molar-refractivity contribution in [1.29, 1.82) is 0 Å². The molecule has 0 bridgehead atoms.